The summed E-state index contributed by atoms with van der Waals surface area (Å²) >= 11 is 0. The van der Waals surface area contributed by atoms with Gasteiger partial charge < -0.3 is 14.6 Å². The molecular formula is C18H19NO6S. The average molecular weight is 377 g/mol. The van der Waals surface area contributed by atoms with Gasteiger partial charge in [-0.2, -0.15) is 0 Å². The van der Waals surface area contributed by atoms with Crippen molar-refractivity contribution in [3.05, 3.63) is 53.6 Å². The van der Waals surface area contributed by atoms with Crippen LogP contribution in [0.1, 0.15) is 11.1 Å². The fourth-order valence-electron chi connectivity index (χ4n) is 2.24. The number of hydrogen-bond acceptors (Lipinski definition) is 5. The molecule has 0 aliphatic heterocycles. The molecule has 2 aromatic rings. The number of benzene rings is 2. The van der Waals surface area contributed by atoms with Crippen LogP contribution in [-0.2, 0) is 14.8 Å². The maximum atomic E-state index is 12.8. The molecule has 0 aromatic heterocycles. The van der Waals surface area contributed by atoms with Crippen LogP contribution in [-0.4, -0.2) is 33.7 Å². The van der Waals surface area contributed by atoms with Crippen molar-refractivity contribution < 1.29 is 27.8 Å². The second-order valence-corrected chi connectivity index (χ2v) is 7.05. The van der Waals surface area contributed by atoms with E-state index in [2.05, 4.69) is 4.72 Å². The Morgan fingerprint density at radius 3 is 2.31 bits per heavy atom. The zero-order valence-electron chi connectivity index (χ0n) is 14.5. The van der Waals surface area contributed by atoms with Crippen LogP contribution >= 0.6 is 0 Å². The van der Waals surface area contributed by atoms with E-state index in [-0.39, 0.29) is 16.4 Å². The maximum Gasteiger partial charge on any atom is 0.328 e. The summed E-state index contributed by atoms with van der Waals surface area (Å²) in [5, 5.41) is 8.78. The summed E-state index contributed by atoms with van der Waals surface area (Å²) < 4.78 is 38.5. The molecule has 0 aliphatic carbocycles. The van der Waals surface area contributed by atoms with Gasteiger partial charge in [0, 0.05) is 11.8 Å². The van der Waals surface area contributed by atoms with Crippen LogP contribution in [0.15, 0.2) is 47.4 Å². The highest BCUT2D eigenvalue weighted by molar-refractivity contribution is 7.92. The Morgan fingerprint density at radius 1 is 1.12 bits per heavy atom. The first kappa shape index (κ1) is 19.3. The standard InChI is InChI=1S/C18H19NO6S/c1-12-4-7-14(8-5-12)19-26(22,23)16-11-13(6-9-17(20)21)10-15(24-2)18(16)25-3/h4-11,19H,1-3H3,(H,20,21)/b9-6+. The number of ether oxygens (including phenoxy) is 2. The van der Waals surface area contributed by atoms with Crippen molar-refractivity contribution in [2.75, 3.05) is 18.9 Å². The number of carboxylic acids is 1. The number of sulfonamides is 1. The van der Waals surface area contributed by atoms with Crippen LogP contribution in [0, 0.1) is 6.92 Å². The van der Waals surface area contributed by atoms with E-state index in [1.165, 1.54) is 32.4 Å². The predicted octanol–water partition coefficient (Wildman–Crippen LogP) is 2.91. The molecule has 0 unspecified atom stereocenters. The minimum Gasteiger partial charge on any atom is -0.493 e. The van der Waals surface area contributed by atoms with Crippen LogP contribution < -0.4 is 14.2 Å². The lowest BCUT2D eigenvalue weighted by Crippen LogP contribution is -2.14. The molecule has 2 aromatic carbocycles. The van der Waals surface area contributed by atoms with Gasteiger partial charge in [0.2, 0.25) is 0 Å². The third-order valence-electron chi connectivity index (χ3n) is 3.48. The zero-order chi connectivity index (χ0) is 19.3. The number of carboxylic acid groups (broad SMARTS) is 1. The number of hydrogen-bond donors (Lipinski definition) is 2. The molecule has 0 fully saturated rings. The summed E-state index contributed by atoms with van der Waals surface area (Å²) in [5.74, 6) is -0.953. The minimum atomic E-state index is -4.00. The Kier molecular flexibility index (Phi) is 5.89. The minimum absolute atomic E-state index is 0.0274. The van der Waals surface area contributed by atoms with Crippen molar-refractivity contribution in [3.63, 3.8) is 0 Å². The number of nitrogens with one attached hydrogen (secondary N) is 1. The van der Waals surface area contributed by atoms with Crippen LogP contribution in [0.5, 0.6) is 11.5 Å². The van der Waals surface area contributed by atoms with E-state index in [1.54, 1.807) is 24.3 Å². The van der Waals surface area contributed by atoms with E-state index >= 15 is 0 Å². The van der Waals surface area contributed by atoms with Gasteiger partial charge in [-0.1, -0.05) is 17.7 Å². The van der Waals surface area contributed by atoms with E-state index < -0.39 is 16.0 Å². The Balaban J connectivity index is 2.55. The Hall–Kier alpha value is -3.00. The molecule has 7 nitrogen and oxygen atoms in total. The molecule has 138 valence electrons. The van der Waals surface area contributed by atoms with Gasteiger partial charge >= 0.3 is 5.97 Å². The zero-order valence-corrected chi connectivity index (χ0v) is 15.3. The van der Waals surface area contributed by atoms with Gasteiger partial charge in [-0.05, 0) is 42.8 Å². The molecule has 0 bridgehead atoms. The number of methoxy groups -OCH3 is 2. The Bertz CT molecular complexity index is 933. The van der Waals surface area contributed by atoms with Gasteiger partial charge in [0.15, 0.2) is 11.5 Å². The number of rotatable bonds is 7. The van der Waals surface area contributed by atoms with Crippen LogP contribution in [0.3, 0.4) is 0 Å². The molecule has 0 spiro atoms. The molecule has 0 aliphatic rings. The normalized spacial score (nSPS) is 11.3. The molecule has 26 heavy (non-hydrogen) atoms. The lowest BCUT2D eigenvalue weighted by molar-refractivity contribution is -0.131. The summed E-state index contributed by atoms with van der Waals surface area (Å²) in [5.41, 5.74) is 1.73. The number of aliphatic carboxylic acids is 1. The number of anilines is 1. The molecule has 0 amide bonds. The molecular weight excluding hydrogens is 358 g/mol. The van der Waals surface area contributed by atoms with Gasteiger partial charge in [-0.3, -0.25) is 4.72 Å². The second kappa shape index (κ2) is 7.92. The highest BCUT2D eigenvalue weighted by atomic mass is 32.2. The third kappa shape index (κ3) is 4.54. The van der Waals surface area contributed by atoms with Crippen LogP contribution in [0.25, 0.3) is 6.08 Å². The highest BCUT2D eigenvalue weighted by Crippen LogP contribution is 2.36. The first-order valence-corrected chi connectivity index (χ1v) is 9.01. The predicted molar refractivity (Wildman–Crippen MR) is 98.2 cm³/mol. The molecule has 0 radical (unpaired) electrons. The van der Waals surface area contributed by atoms with Crippen LogP contribution in [0.4, 0.5) is 5.69 Å². The van der Waals surface area contributed by atoms with Crippen molar-refractivity contribution in [2.24, 2.45) is 0 Å². The third-order valence-corrected chi connectivity index (χ3v) is 4.87. The molecule has 0 heterocycles. The topological polar surface area (TPSA) is 102 Å². The average Bonchev–Trinajstić information content (AvgIpc) is 2.60. The first-order valence-electron chi connectivity index (χ1n) is 7.53. The smallest absolute Gasteiger partial charge is 0.328 e. The Labute approximate surface area is 151 Å². The monoisotopic (exact) mass is 377 g/mol. The van der Waals surface area contributed by atoms with E-state index in [1.807, 2.05) is 6.92 Å². The van der Waals surface area contributed by atoms with Crippen molar-refractivity contribution in [2.45, 2.75) is 11.8 Å². The molecule has 2 N–H and O–H groups in total. The van der Waals surface area contributed by atoms with Gasteiger partial charge in [0.05, 0.1) is 14.2 Å². The van der Waals surface area contributed by atoms with E-state index in [4.69, 9.17) is 14.6 Å². The molecule has 0 atom stereocenters. The summed E-state index contributed by atoms with van der Waals surface area (Å²) in [6.07, 6.45) is 2.18. The molecule has 8 heteroatoms. The maximum absolute atomic E-state index is 12.8. The van der Waals surface area contributed by atoms with Crippen molar-refractivity contribution in [3.8, 4) is 11.5 Å². The molecule has 0 saturated heterocycles. The van der Waals surface area contributed by atoms with Gasteiger partial charge in [0.25, 0.3) is 10.0 Å². The molecule has 2 rings (SSSR count). The first-order chi connectivity index (χ1) is 12.3. The lowest BCUT2D eigenvalue weighted by Gasteiger charge is -2.15. The van der Waals surface area contributed by atoms with Crippen molar-refractivity contribution in [1.82, 2.24) is 0 Å². The fourth-order valence-corrected chi connectivity index (χ4v) is 3.52. The quantitative estimate of drug-likeness (QED) is 0.720. The van der Waals surface area contributed by atoms with E-state index in [0.717, 1.165) is 11.6 Å². The fraction of sp³-hybridized carbons (Fsp3) is 0.167. The van der Waals surface area contributed by atoms with Gasteiger partial charge in [-0.15, -0.1) is 0 Å². The second-order valence-electron chi connectivity index (χ2n) is 5.40. The number of aryl methyl sites for hydroxylation is 1. The SMILES string of the molecule is COc1cc(/C=C/C(=O)O)cc(S(=O)(=O)Nc2ccc(C)cc2)c1OC. The van der Waals surface area contributed by atoms with Gasteiger partial charge in [0.1, 0.15) is 4.90 Å². The van der Waals surface area contributed by atoms with Crippen LogP contribution in [0.2, 0.25) is 0 Å². The van der Waals surface area contributed by atoms with Gasteiger partial charge in [-0.25, -0.2) is 13.2 Å². The van der Waals surface area contributed by atoms with Crippen molar-refractivity contribution >= 4 is 27.8 Å². The lowest BCUT2D eigenvalue weighted by atomic mass is 10.2. The summed E-state index contributed by atoms with van der Waals surface area (Å²) in [6.45, 7) is 1.89. The van der Waals surface area contributed by atoms with Crippen molar-refractivity contribution in [1.29, 1.82) is 0 Å². The molecule has 0 saturated carbocycles. The number of carbonyl (C=O) groups is 1. The summed E-state index contributed by atoms with van der Waals surface area (Å²) in [7, 11) is -1.30. The summed E-state index contributed by atoms with van der Waals surface area (Å²) in [4.78, 5) is 10.6. The van der Waals surface area contributed by atoms with E-state index in [0.29, 0.717) is 11.3 Å². The van der Waals surface area contributed by atoms with E-state index in [9.17, 15) is 13.2 Å². The summed E-state index contributed by atoms with van der Waals surface area (Å²) in [6, 6.07) is 9.65. The largest absolute Gasteiger partial charge is 0.493 e. The highest BCUT2D eigenvalue weighted by Gasteiger charge is 2.24. The Morgan fingerprint density at radius 2 is 1.77 bits per heavy atom.